The summed E-state index contributed by atoms with van der Waals surface area (Å²) >= 11 is 0. The Balaban J connectivity index is 2.02. The number of aliphatic hydroxyl groups excluding tert-OH is 1. The molecular formula is C10H10B2FN5O4. The topological polar surface area (TPSA) is 122 Å². The van der Waals surface area contributed by atoms with E-state index in [1.165, 1.54) is 24.2 Å². The van der Waals surface area contributed by atoms with E-state index in [0.29, 0.717) is 11.3 Å². The first kappa shape index (κ1) is 14.7. The Hall–Kier alpha value is -2.20. The average molecular weight is 305 g/mol. The Labute approximate surface area is 124 Å². The van der Waals surface area contributed by atoms with E-state index in [-0.39, 0.29) is 5.65 Å². The number of hydrogen-bond donors (Lipinski definition) is 3. The van der Waals surface area contributed by atoms with Crippen LogP contribution < -0.4 is 5.23 Å². The number of hydrogen-bond acceptors (Lipinski definition) is 7. The van der Waals surface area contributed by atoms with Crippen molar-refractivity contribution < 1.29 is 24.1 Å². The molecule has 0 spiro atoms. The van der Waals surface area contributed by atoms with Gasteiger partial charge < -0.3 is 0 Å². The summed E-state index contributed by atoms with van der Waals surface area (Å²) in [7, 11) is 3.51. The summed E-state index contributed by atoms with van der Waals surface area (Å²) in [5.74, 6) is -1.08. The molecule has 3 rings (SSSR count). The van der Waals surface area contributed by atoms with Crippen molar-refractivity contribution in [1.82, 2.24) is 19.5 Å². The fourth-order valence-electron chi connectivity index (χ4n) is 2.31. The molecular weight excluding hydrogens is 295 g/mol. The summed E-state index contributed by atoms with van der Waals surface area (Å²) in [6, 6.07) is 0. The number of anilines is 1. The standard InChI is InChI=1S/C10H10B2FN5O4/c11-12-17-7-4-8(15-1-14-7)18(2-16-4)9-3(13)5(19)6(22-9)10(20)21/h1-3,5-6,9,11,19H,(H,20,21)(H,14,15,17)/t3-,5-,6-,9+/m0/s1. The van der Waals surface area contributed by atoms with Crippen molar-refractivity contribution in [3.63, 3.8) is 0 Å². The van der Waals surface area contributed by atoms with Crippen LogP contribution in [-0.2, 0) is 9.53 Å². The number of carbonyl (C=O) groups is 1. The van der Waals surface area contributed by atoms with Crippen molar-refractivity contribution in [2.75, 3.05) is 5.23 Å². The van der Waals surface area contributed by atoms with Gasteiger partial charge in [-0.05, 0) is 0 Å². The Bertz CT molecular complexity index is 743. The summed E-state index contributed by atoms with van der Waals surface area (Å²) in [5, 5.41) is 21.3. The number of fused-ring (bicyclic) bond motifs is 1. The van der Waals surface area contributed by atoms with Crippen LogP contribution in [0, 0.1) is 0 Å². The number of imidazole rings is 1. The van der Waals surface area contributed by atoms with Gasteiger partial charge in [0.2, 0.25) is 0 Å². The van der Waals surface area contributed by atoms with E-state index in [2.05, 4.69) is 27.5 Å². The number of halogens is 1. The third-order valence-corrected chi connectivity index (χ3v) is 3.31. The zero-order chi connectivity index (χ0) is 15.9. The molecule has 1 aliphatic rings. The molecule has 1 fully saturated rings. The van der Waals surface area contributed by atoms with Crippen LogP contribution in [0.15, 0.2) is 12.7 Å². The second kappa shape index (κ2) is 5.54. The molecule has 22 heavy (non-hydrogen) atoms. The van der Waals surface area contributed by atoms with Gasteiger partial charge in [-0.15, -0.1) is 0 Å². The first-order valence-electron chi connectivity index (χ1n) is 6.30. The van der Waals surface area contributed by atoms with Gasteiger partial charge in [-0.3, -0.25) is 0 Å². The molecule has 0 bridgehead atoms. The second-order valence-corrected chi connectivity index (χ2v) is 4.62. The summed E-state index contributed by atoms with van der Waals surface area (Å²) in [6.07, 6.45) is -4.20. The van der Waals surface area contributed by atoms with Crippen LogP contribution in [0.1, 0.15) is 6.23 Å². The molecule has 112 valence electrons. The van der Waals surface area contributed by atoms with Crippen LogP contribution in [0.25, 0.3) is 11.2 Å². The Morgan fingerprint density at radius 1 is 1.50 bits per heavy atom. The van der Waals surface area contributed by atoms with Gasteiger partial charge in [0.25, 0.3) is 0 Å². The third kappa shape index (κ3) is 2.20. The van der Waals surface area contributed by atoms with Gasteiger partial charge in [-0.2, -0.15) is 0 Å². The molecule has 1 saturated heterocycles. The van der Waals surface area contributed by atoms with E-state index in [9.17, 15) is 14.3 Å². The number of ether oxygens (including phenoxy) is 1. The summed E-state index contributed by atoms with van der Waals surface area (Å²) in [4.78, 5) is 23.0. The molecule has 2 aromatic rings. The monoisotopic (exact) mass is 305 g/mol. The quantitative estimate of drug-likeness (QED) is 0.575. The van der Waals surface area contributed by atoms with Gasteiger partial charge in [0, 0.05) is 0 Å². The predicted octanol–water partition coefficient (Wildman–Crippen LogP) is -1.65. The molecule has 0 amide bonds. The van der Waals surface area contributed by atoms with E-state index >= 15 is 0 Å². The van der Waals surface area contributed by atoms with Gasteiger partial charge >= 0.3 is 123 Å². The van der Waals surface area contributed by atoms with Crippen LogP contribution in [0.3, 0.4) is 0 Å². The van der Waals surface area contributed by atoms with E-state index in [1.807, 2.05) is 0 Å². The Morgan fingerprint density at radius 3 is 2.91 bits per heavy atom. The number of aliphatic carboxylic acids is 1. The Kier molecular flexibility index (Phi) is 3.71. The van der Waals surface area contributed by atoms with Crippen molar-refractivity contribution in [3.8, 4) is 0 Å². The zero-order valence-electron chi connectivity index (χ0n) is 11.1. The minimum absolute atomic E-state index is 0.241. The maximum absolute atomic E-state index is 14.2. The number of alkyl halides is 1. The van der Waals surface area contributed by atoms with Crippen molar-refractivity contribution >= 4 is 37.3 Å². The molecule has 12 heteroatoms. The molecule has 0 unspecified atom stereocenters. The normalized spacial score (nSPS) is 27.7. The van der Waals surface area contributed by atoms with Gasteiger partial charge in [0.1, 0.15) is 0 Å². The van der Waals surface area contributed by atoms with Crippen LogP contribution >= 0.6 is 0 Å². The zero-order valence-corrected chi connectivity index (χ0v) is 11.1. The molecule has 0 radical (unpaired) electrons. The number of carboxylic acid groups (broad SMARTS) is 1. The van der Waals surface area contributed by atoms with Crippen LogP contribution in [-0.4, -0.2) is 68.4 Å². The molecule has 3 N–H and O–H groups in total. The van der Waals surface area contributed by atoms with Crippen LogP contribution in [0.5, 0.6) is 0 Å². The summed E-state index contributed by atoms with van der Waals surface area (Å²) in [6.45, 7) is 1.40. The molecule has 0 aromatic carbocycles. The molecule has 4 atom stereocenters. The summed E-state index contributed by atoms with van der Waals surface area (Å²) < 4.78 is 20.5. The first-order chi connectivity index (χ1) is 10.5. The minimum atomic E-state index is -1.93. The van der Waals surface area contributed by atoms with Crippen LogP contribution in [0.2, 0.25) is 0 Å². The maximum atomic E-state index is 14.2. The van der Waals surface area contributed by atoms with Crippen molar-refractivity contribution in [3.05, 3.63) is 12.7 Å². The van der Waals surface area contributed by atoms with Crippen molar-refractivity contribution in [2.45, 2.75) is 24.6 Å². The van der Waals surface area contributed by atoms with Crippen molar-refractivity contribution in [2.24, 2.45) is 0 Å². The molecule has 3 heterocycles. The van der Waals surface area contributed by atoms with E-state index in [4.69, 9.17) is 9.84 Å². The third-order valence-electron chi connectivity index (χ3n) is 3.31. The molecule has 1 aliphatic heterocycles. The first-order valence-corrected chi connectivity index (χ1v) is 6.30. The van der Waals surface area contributed by atoms with Crippen LogP contribution in [0.4, 0.5) is 10.2 Å². The van der Waals surface area contributed by atoms with E-state index in [1.54, 1.807) is 0 Å². The van der Waals surface area contributed by atoms with Gasteiger partial charge in [-0.1, -0.05) is 0 Å². The van der Waals surface area contributed by atoms with E-state index in [0.717, 1.165) is 0 Å². The van der Waals surface area contributed by atoms with Gasteiger partial charge in [-0.25, -0.2) is 0 Å². The molecule has 2 aromatic heterocycles. The number of nitrogens with zero attached hydrogens (tertiary/aromatic N) is 4. The summed E-state index contributed by atoms with van der Waals surface area (Å²) in [5.41, 5.74) is 0.580. The molecule has 0 aliphatic carbocycles. The SMILES string of the molecule is B=BNc1ncnc2c1ncn2[C@@H]1O[C@H](C(=O)O)[C@@H](O)[C@@H]1F. The number of nitrogens with one attached hydrogen (secondary N) is 1. The number of rotatable bonds is 4. The van der Waals surface area contributed by atoms with Gasteiger partial charge in [0.05, 0.1) is 0 Å². The number of aromatic nitrogens is 4. The predicted molar refractivity (Wildman–Crippen MR) is 74.3 cm³/mol. The van der Waals surface area contributed by atoms with Crippen molar-refractivity contribution in [1.29, 1.82) is 0 Å². The second-order valence-electron chi connectivity index (χ2n) is 4.62. The number of carboxylic acids is 1. The van der Waals surface area contributed by atoms with E-state index < -0.39 is 30.6 Å². The average Bonchev–Trinajstić information content (AvgIpc) is 3.03. The van der Waals surface area contributed by atoms with Gasteiger partial charge in [0.15, 0.2) is 0 Å². The Morgan fingerprint density at radius 2 is 2.27 bits per heavy atom. The fraction of sp³-hybridized carbons (Fsp3) is 0.400. The fourth-order valence-corrected chi connectivity index (χ4v) is 2.31. The number of aliphatic hydroxyl groups is 1. The molecule has 0 saturated carbocycles. The molecule has 9 nitrogen and oxygen atoms in total.